The Balaban J connectivity index is 2.11. The summed E-state index contributed by atoms with van der Waals surface area (Å²) >= 11 is 0. The molecule has 3 rings (SSSR count). The first kappa shape index (κ1) is 14.6. The topological polar surface area (TPSA) is 95.7 Å². The number of rotatable bonds is 3. The molecule has 1 aliphatic heterocycles. The quantitative estimate of drug-likeness (QED) is 0.673. The van der Waals surface area contributed by atoms with E-state index in [1.807, 2.05) is 0 Å². The summed E-state index contributed by atoms with van der Waals surface area (Å²) in [4.78, 5) is 24.1. The largest absolute Gasteiger partial charge is 0.506 e. The number of nitrogens with one attached hydrogen (secondary N) is 1. The number of phenolic OH excluding ortho intramolecular Hbond substituents is 1. The molecular weight excluding hydrogens is 298 g/mol. The third kappa shape index (κ3) is 2.71. The number of hydrogen-bond donors (Lipinski definition) is 2. The maximum Gasteiger partial charge on any atom is 0.326 e. The lowest BCUT2D eigenvalue weighted by atomic mass is 10.1. The van der Waals surface area contributed by atoms with Gasteiger partial charge in [-0.1, -0.05) is 24.3 Å². The predicted octanol–water partition coefficient (Wildman–Crippen LogP) is 2.87. The molecule has 0 fully saturated rings. The Morgan fingerprint density at radius 1 is 1.17 bits per heavy atom. The molecule has 0 atom stereocenters. The molecule has 2 aromatic rings. The van der Waals surface area contributed by atoms with E-state index in [4.69, 9.17) is 0 Å². The van der Waals surface area contributed by atoms with Crippen molar-refractivity contribution in [2.24, 2.45) is 0 Å². The molecule has 1 heterocycles. The first-order valence-electron chi connectivity index (χ1n) is 6.89. The van der Waals surface area contributed by atoms with E-state index in [0.29, 0.717) is 23.5 Å². The summed E-state index contributed by atoms with van der Waals surface area (Å²) in [6.07, 6.45) is 1.74. The second-order valence-corrected chi connectivity index (χ2v) is 4.91. The van der Waals surface area contributed by atoms with Gasteiger partial charge in [0.1, 0.15) is 5.75 Å². The molecule has 23 heavy (non-hydrogen) atoms. The Morgan fingerprint density at radius 2 is 1.96 bits per heavy atom. The number of benzene rings is 2. The Labute approximate surface area is 131 Å². The number of carbonyl (C=O) groups excluding carboxylic acids is 1. The van der Waals surface area contributed by atoms with Crippen molar-refractivity contribution in [3.63, 3.8) is 0 Å². The Hall–Kier alpha value is -3.35. The van der Waals surface area contributed by atoms with Crippen LogP contribution in [0.2, 0.25) is 0 Å². The third-order valence-corrected chi connectivity index (χ3v) is 3.47. The molecule has 2 amide bonds. The number of anilines is 1. The zero-order chi connectivity index (χ0) is 16.4. The van der Waals surface area contributed by atoms with Gasteiger partial charge in [0.15, 0.2) is 0 Å². The van der Waals surface area contributed by atoms with E-state index in [2.05, 4.69) is 5.32 Å². The van der Waals surface area contributed by atoms with E-state index in [-0.39, 0.29) is 11.4 Å². The minimum Gasteiger partial charge on any atom is -0.506 e. The van der Waals surface area contributed by atoms with Crippen LogP contribution >= 0.6 is 0 Å². The van der Waals surface area contributed by atoms with Crippen LogP contribution in [0.3, 0.4) is 0 Å². The molecule has 2 aromatic carbocycles. The second kappa shape index (κ2) is 5.80. The van der Waals surface area contributed by atoms with Crippen LogP contribution in [-0.2, 0) is 0 Å². The highest BCUT2D eigenvalue weighted by Crippen LogP contribution is 2.34. The molecule has 0 aliphatic carbocycles. The minimum atomic E-state index is -0.489. The molecular formula is C16H13N3O4. The van der Waals surface area contributed by atoms with Crippen molar-refractivity contribution in [3.05, 3.63) is 70.3 Å². The van der Waals surface area contributed by atoms with E-state index in [1.54, 1.807) is 36.4 Å². The Bertz CT molecular complexity index is 816. The normalized spacial score (nSPS) is 14.2. The van der Waals surface area contributed by atoms with Gasteiger partial charge in [-0.25, -0.2) is 4.79 Å². The van der Waals surface area contributed by atoms with Crippen LogP contribution in [0.15, 0.2) is 54.6 Å². The van der Waals surface area contributed by atoms with Gasteiger partial charge in [0.25, 0.3) is 5.69 Å². The van der Waals surface area contributed by atoms with Crippen molar-refractivity contribution in [1.29, 1.82) is 0 Å². The number of amides is 2. The number of hydrogen-bond acceptors (Lipinski definition) is 4. The van der Waals surface area contributed by atoms with Crippen LogP contribution in [-0.4, -0.2) is 22.6 Å². The molecule has 2 N–H and O–H groups in total. The predicted molar refractivity (Wildman–Crippen MR) is 85.1 cm³/mol. The number of non-ortho nitro benzene ring substituents is 1. The van der Waals surface area contributed by atoms with Crippen LogP contribution in [0.4, 0.5) is 16.2 Å². The number of carbonyl (C=O) groups is 1. The summed E-state index contributed by atoms with van der Waals surface area (Å²) < 4.78 is 0. The number of urea groups is 1. The molecule has 0 spiro atoms. The summed E-state index contributed by atoms with van der Waals surface area (Å²) in [7, 11) is 0. The third-order valence-electron chi connectivity index (χ3n) is 3.47. The van der Waals surface area contributed by atoms with Crippen molar-refractivity contribution in [3.8, 4) is 5.75 Å². The second-order valence-electron chi connectivity index (χ2n) is 4.91. The molecule has 0 aromatic heterocycles. The van der Waals surface area contributed by atoms with Gasteiger partial charge < -0.3 is 10.4 Å². The summed E-state index contributed by atoms with van der Waals surface area (Å²) in [5, 5.41) is 23.7. The fraction of sp³-hybridized carbons (Fsp3) is 0.0625. The molecule has 116 valence electrons. The van der Waals surface area contributed by atoms with Crippen LogP contribution in [0, 0.1) is 10.1 Å². The van der Waals surface area contributed by atoms with Crippen molar-refractivity contribution in [1.82, 2.24) is 5.32 Å². The first-order valence-corrected chi connectivity index (χ1v) is 6.89. The van der Waals surface area contributed by atoms with Crippen LogP contribution in [0.25, 0.3) is 5.70 Å². The van der Waals surface area contributed by atoms with Crippen LogP contribution < -0.4 is 10.2 Å². The highest BCUT2D eigenvalue weighted by molar-refractivity contribution is 6.07. The molecule has 0 unspecified atom stereocenters. The first-order chi connectivity index (χ1) is 11.1. The lowest BCUT2D eigenvalue weighted by Crippen LogP contribution is -2.42. The summed E-state index contributed by atoms with van der Waals surface area (Å²) in [6.45, 7) is 0.307. The molecule has 0 radical (unpaired) electrons. The highest BCUT2D eigenvalue weighted by atomic mass is 16.6. The molecule has 0 saturated heterocycles. The Kier molecular flexibility index (Phi) is 3.68. The van der Waals surface area contributed by atoms with Crippen molar-refractivity contribution >= 4 is 23.1 Å². The maximum atomic E-state index is 12.3. The van der Waals surface area contributed by atoms with E-state index in [9.17, 15) is 20.0 Å². The van der Waals surface area contributed by atoms with E-state index in [1.165, 1.54) is 23.1 Å². The van der Waals surface area contributed by atoms with Gasteiger partial charge in [0.2, 0.25) is 0 Å². The monoisotopic (exact) mass is 311 g/mol. The zero-order valence-electron chi connectivity index (χ0n) is 12.0. The number of nitro groups is 1. The number of nitro benzene ring substituents is 1. The average molecular weight is 311 g/mol. The number of para-hydroxylation sites is 2. The SMILES string of the molecule is O=C1NCC=C(c2cccc([N+](=O)[O-])c2)N1c1ccccc1O. The number of nitrogens with zero attached hydrogens (tertiary/aromatic N) is 2. The van der Waals surface area contributed by atoms with Gasteiger partial charge in [-0.2, -0.15) is 0 Å². The molecule has 7 nitrogen and oxygen atoms in total. The molecule has 0 bridgehead atoms. The Morgan fingerprint density at radius 3 is 2.70 bits per heavy atom. The summed E-state index contributed by atoms with van der Waals surface area (Å²) in [5.74, 6) is -0.0547. The van der Waals surface area contributed by atoms with E-state index in [0.717, 1.165) is 0 Å². The van der Waals surface area contributed by atoms with Gasteiger partial charge in [0.05, 0.1) is 16.3 Å². The van der Waals surface area contributed by atoms with Crippen LogP contribution in [0.1, 0.15) is 5.56 Å². The zero-order valence-corrected chi connectivity index (χ0v) is 12.0. The van der Waals surface area contributed by atoms with Crippen molar-refractivity contribution in [2.75, 3.05) is 11.4 Å². The van der Waals surface area contributed by atoms with Crippen molar-refractivity contribution < 1.29 is 14.8 Å². The van der Waals surface area contributed by atoms with Gasteiger partial charge >= 0.3 is 6.03 Å². The summed E-state index contributed by atoms with van der Waals surface area (Å²) in [6, 6.07) is 12.0. The van der Waals surface area contributed by atoms with Gasteiger partial charge in [-0.05, 0) is 18.2 Å². The van der Waals surface area contributed by atoms with Crippen molar-refractivity contribution in [2.45, 2.75) is 0 Å². The highest BCUT2D eigenvalue weighted by Gasteiger charge is 2.27. The van der Waals surface area contributed by atoms with Gasteiger partial charge in [0, 0.05) is 24.2 Å². The standard InChI is InChI=1S/C16H13N3O4/c20-15-7-2-1-6-14(15)18-13(8-9-17-16(18)21)11-4-3-5-12(10-11)19(22)23/h1-8,10,20H,9H2,(H,17,21). The molecule has 7 heteroatoms. The maximum absolute atomic E-state index is 12.3. The van der Waals surface area contributed by atoms with Gasteiger partial charge in [-0.3, -0.25) is 15.0 Å². The van der Waals surface area contributed by atoms with E-state index >= 15 is 0 Å². The van der Waals surface area contributed by atoms with E-state index < -0.39 is 11.0 Å². The summed E-state index contributed by atoms with van der Waals surface area (Å²) in [5.41, 5.74) is 1.25. The molecule has 1 aliphatic rings. The van der Waals surface area contributed by atoms with Gasteiger partial charge in [-0.15, -0.1) is 0 Å². The minimum absolute atomic E-state index is 0.0547. The smallest absolute Gasteiger partial charge is 0.326 e. The van der Waals surface area contributed by atoms with Crippen LogP contribution in [0.5, 0.6) is 5.75 Å². The lowest BCUT2D eigenvalue weighted by molar-refractivity contribution is -0.384. The fourth-order valence-electron chi connectivity index (χ4n) is 2.43. The lowest BCUT2D eigenvalue weighted by Gasteiger charge is -2.29. The fourth-order valence-corrected chi connectivity index (χ4v) is 2.43. The number of phenols is 1. The number of aromatic hydroxyl groups is 1. The molecule has 0 saturated carbocycles. The average Bonchev–Trinajstić information content (AvgIpc) is 2.55.